The molecule has 0 spiro atoms. The highest BCUT2D eigenvalue weighted by Gasteiger charge is 2.31. The third-order valence-corrected chi connectivity index (χ3v) is 4.64. The van der Waals surface area contributed by atoms with E-state index in [2.05, 4.69) is 10.3 Å². The predicted molar refractivity (Wildman–Crippen MR) is 110 cm³/mol. The van der Waals surface area contributed by atoms with Crippen LogP contribution in [0.5, 0.6) is 11.5 Å². The van der Waals surface area contributed by atoms with Crippen molar-refractivity contribution in [2.24, 2.45) is 4.99 Å². The van der Waals surface area contributed by atoms with E-state index in [9.17, 15) is 9.59 Å². The monoisotopic (exact) mass is 430 g/mol. The summed E-state index contributed by atoms with van der Waals surface area (Å²) in [5.74, 6) is -0.521. The molecule has 1 heterocycles. The van der Waals surface area contributed by atoms with Crippen LogP contribution in [0.1, 0.15) is 25.5 Å². The van der Waals surface area contributed by atoms with Gasteiger partial charge in [-0.2, -0.15) is 0 Å². The molecule has 10 heteroatoms. The van der Waals surface area contributed by atoms with E-state index >= 15 is 0 Å². The number of aliphatic imine (C=N–C) groups is 1. The van der Waals surface area contributed by atoms with Gasteiger partial charge >= 0.3 is 11.9 Å². The zero-order valence-corrected chi connectivity index (χ0v) is 17.6. The van der Waals surface area contributed by atoms with Gasteiger partial charge in [0.2, 0.25) is 0 Å². The molecule has 2 rings (SSSR count). The van der Waals surface area contributed by atoms with E-state index in [0.29, 0.717) is 33.5 Å². The number of nitrogens with zero attached hydrogens (tertiary/aromatic N) is 1. The van der Waals surface area contributed by atoms with E-state index in [1.165, 1.54) is 14.2 Å². The Kier molecular flexibility index (Phi) is 9.14. The van der Waals surface area contributed by atoms with E-state index in [4.69, 9.17) is 19.3 Å². The zero-order valence-electron chi connectivity index (χ0n) is 16.0. The maximum absolute atomic E-state index is 12.5. The number of halogens is 1. The van der Waals surface area contributed by atoms with Crippen LogP contribution in [0, 0.1) is 0 Å². The summed E-state index contributed by atoms with van der Waals surface area (Å²) >= 11 is 1.05. The van der Waals surface area contributed by atoms with Gasteiger partial charge in [0, 0.05) is 5.70 Å². The molecule has 0 saturated heterocycles. The third kappa shape index (κ3) is 5.56. The SMILES string of the molecule is CCOC(=O)C1=C(C)NC(SCC(=O)O)=NC1c1ccc(OC)c(OC)c1.Cl. The number of carbonyl (C=O) groups excluding carboxylic acids is 1. The number of rotatable bonds is 7. The molecule has 0 saturated carbocycles. The fourth-order valence-electron chi connectivity index (χ4n) is 2.59. The average Bonchev–Trinajstić information content (AvgIpc) is 2.65. The Morgan fingerprint density at radius 1 is 1.25 bits per heavy atom. The summed E-state index contributed by atoms with van der Waals surface area (Å²) in [7, 11) is 3.06. The number of esters is 1. The Hall–Kier alpha value is -2.39. The smallest absolute Gasteiger partial charge is 0.338 e. The molecule has 2 N–H and O–H groups in total. The maximum Gasteiger partial charge on any atom is 0.338 e. The number of carbonyl (C=O) groups is 2. The Morgan fingerprint density at radius 2 is 1.93 bits per heavy atom. The van der Waals surface area contributed by atoms with E-state index in [1.807, 2.05) is 0 Å². The number of hydrogen-bond acceptors (Lipinski definition) is 8. The van der Waals surface area contributed by atoms with Gasteiger partial charge in [-0.1, -0.05) is 17.8 Å². The summed E-state index contributed by atoms with van der Waals surface area (Å²) in [4.78, 5) is 27.9. The zero-order chi connectivity index (χ0) is 20.0. The first kappa shape index (κ1) is 23.6. The second-order valence-electron chi connectivity index (χ2n) is 5.52. The molecule has 0 aromatic heterocycles. The molecule has 0 fully saturated rings. The number of amidine groups is 1. The molecule has 1 atom stereocenters. The fourth-order valence-corrected chi connectivity index (χ4v) is 3.25. The molecule has 1 aliphatic rings. The van der Waals surface area contributed by atoms with Crippen LogP contribution in [0.2, 0.25) is 0 Å². The molecule has 8 nitrogen and oxygen atoms in total. The van der Waals surface area contributed by atoms with Crippen LogP contribution in [0.25, 0.3) is 0 Å². The fraction of sp³-hybridized carbons (Fsp3) is 0.389. The first-order valence-corrected chi connectivity index (χ1v) is 9.19. The van der Waals surface area contributed by atoms with Crippen molar-refractivity contribution in [3.8, 4) is 11.5 Å². The van der Waals surface area contributed by atoms with Gasteiger partial charge in [0.05, 0.1) is 32.2 Å². The molecule has 28 heavy (non-hydrogen) atoms. The van der Waals surface area contributed by atoms with E-state index < -0.39 is 18.0 Å². The van der Waals surface area contributed by atoms with Crippen molar-refractivity contribution in [1.29, 1.82) is 0 Å². The Labute approximate surface area is 173 Å². The van der Waals surface area contributed by atoms with Gasteiger partial charge in [-0.3, -0.25) is 4.79 Å². The van der Waals surface area contributed by atoms with Crippen molar-refractivity contribution in [2.75, 3.05) is 26.6 Å². The molecule has 154 valence electrons. The molecule has 1 aliphatic heterocycles. The summed E-state index contributed by atoms with van der Waals surface area (Å²) in [6.45, 7) is 3.70. The summed E-state index contributed by atoms with van der Waals surface area (Å²) in [6.07, 6.45) is 0. The number of allylic oxidation sites excluding steroid dienone is 1. The third-order valence-electron chi connectivity index (χ3n) is 3.77. The average molecular weight is 431 g/mol. The first-order valence-electron chi connectivity index (χ1n) is 8.20. The normalized spacial score (nSPS) is 15.7. The van der Waals surface area contributed by atoms with Crippen LogP contribution < -0.4 is 14.8 Å². The Balaban J connectivity index is 0.00000392. The quantitative estimate of drug-likeness (QED) is 0.636. The number of carboxylic acids is 1. The topological polar surface area (TPSA) is 106 Å². The van der Waals surface area contributed by atoms with Crippen molar-refractivity contribution >= 4 is 41.3 Å². The summed E-state index contributed by atoms with van der Waals surface area (Å²) in [5.41, 5.74) is 1.63. The molecule has 0 amide bonds. The summed E-state index contributed by atoms with van der Waals surface area (Å²) in [5, 5.41) is 12.3. The van der Waals surface area contributed by atoms with Crippen molar-refractivity contribution < 1.29 is 28.9 Å². The molecule has 0 bridgehead atoms. The lowest BCUT2D eigenvalue weighted by Gasteiger charge is -2.26. The summed E-state index contributed by atoms with van der Waals surface area (Å²) in [6, 6.07) is 4.60. The van der Waals surface area contributed by atoms with Crippen LogP contribution in [-0.4, -0.2) is 48.8 Å². The van der Waals surface area contributed by atoms with Gasteiger partial charge in [0.25, 0.3) is 0 Å². The van der Waals surface area contributed by atoms with Crippen molar-refractivity contribution in [2.45, 2.75) is 19.9 Å². The highest BCUT2D eigenvalue weighted by Crippen LogP contribution is 2.37. The lowest BCUT2D eigenvalue weighted by Crippen LogP contribution is -2.31. The van der Waals surface area contributed by atoms with Crippen LogP contribution in [0.4, 0.5) is 0 Å². The number of hydrogen-bond donors (Lipinski definition) is 2. The van der Waals surface area contributed by atoms with E-state index in [1.54, 1.807) is 32.0 Å². The number of benzene rings is 1. The number of ether oxygens (including phenoxy) is 3. The summed E-state index contributed by atoms with van der Waals surface area (Å²) < 4.78 is 15.8. The van der Waals surface area contributed by atoms with Gasteiger partial charge in [-0.25, -0.2) is 9.79 Å². The van der Waals surface area contributed by atoms with Gasteiger partial charge < -0.3 is 24.6 Å². The lowest BCUT2D eigenvalue weighted by molar-refractivity contribution is -0.139. The second-order valence-corrected chi connectivity index (χ2v) is 6.48. The second kappa shape index (κ2) is 10.8. The van der Waals surface area contributed by atoms with E-state index in [-0.39, 0.29) is 24.8 Å². The maximum atomic E-state index is 12.5. The molecule has 1 aromatic rings. The minimum absolute atomic E-state index is 0. The van der Waals surface area contributed by atoms with Gasteiger partial charge in [0.1, 0.15) is 6.04 Å². The van der Waals surface area contributed by atoms with E-state index in [0.717, 1.165) is 11.8 Å². The van der Waals surface area contributed by atoms with Gasteiger partial charge in [-0.15, -0.1) is 12.4 Å². The van der Waals surface area contributed by atoms with Crippen LogP contribution in [0.15, 0.2) is 34.5 Å². The molecule has 1 aromatic carbocycles. The molecule has 1 unspecified atom stereocenters. The van der Waals surface area contributed by atoms with Gasteiger partial charge in [0.15, 0.2) is 16.7 Å². The molecular formula is C18H23ClN2O6S. The predicted octanol–water partition coefficient (Wildman–Crippen LogP) is 2.78. The van der Waals surface area contributed by atoms with Crippen LogP contribution >= 0.6 is 24.2 Å². The minimum Gasteiger partial charge on any atom is -0.493 e. The first-order chi connectivity index (χ1) is 12.9. The molecule has 0 radical (unpaired) electrons. The Morgan fingerprint density at radius 3 is 2.50 bits per heavy atom. The molecule has 0 aliphatic carbocycles. The van der Waals surface area contributed by atoms with Crippen LogP contribution in [0.3, 0.4) is 0 Å². The number of carboxylic acid groups (broad SMARTS) is 1. The number of thioether (sulfide) groups is 1. The highest BCUT2D eigenvalue weighted by molar-refractivity contribution is 8.14. The van der Waals surface area contributed by atoms with Gasteiger partial charge in [-0.05, 0) is 31.5 Å². The number of nitrogens with one attached hydrogen (secondary N) is 1. The minimum atomic E-state index is -0.954. The standard InChI is InChI=1S/C18H22N2O6S.ClH/c1-5-26-17(23)15-10(2)19-18(27-9-14(21)22)20-16(15)11-6-7-12(24-3)13(8-11)25-4;/h6-8,16H,5,9H2,1-4H3,(H,19,20)(H,21,22);1H. The van der Waals surface area contributed by atoms with Crippen molar-refractivity contribution in [1.82, 2.24) is 5.32 Å². The largest absolute Gasteiger partial charge is 0.493 e. The number of aliphatic carboxylic acids is 1. The lowest BCUT2D eigenvalue weighted by atomic mass is 9.96. The molecular weight excluding hydrogens is 408 g/mol. The van der Waals surface area contributed by atoms with Crippen molar-refractivity contribution in [3.05, 3.63) is 35.0 Å². The van der Waals surface area contributed by atoms with Crippen LogP contribution in [-0.2, 0) is 14.3 Å². The van der Waals surface area contributed by atoms with Crippen molar-refractivity contribution in [3.63, 3.8) is 0 Å². The highest BCUT2D eigenvalue weighted by atomic mass is 35.5. The Bertz CT molecular complexity index is 796. The number of methoxy groups -OCH3 is 2.